The lowest BCUT2D eigenvalue weighted by Gasteiger charge is -2.33. The third-order valence-corrected chi connectivity index (χ3v) is 2.40. The zero-order valence-corrected chi connectivity index (χ0v) is 6.93. The van der Waals surface area contributed by atoms with Crippen LogP contribution in [-0.4, -0.2) is 0 Å². The summed E-state index contributed by atoms with van der Waals surface area (Å²) in [4.78, 5) is 0. The number of allylic oxidation sites excluding steroid dienone is 3. The molecule has 0 N–H and O–H groups in total. The normalized spacial score (nSPS) is 33.2. The summed E-state index contributed by atoms with van der Waals surface area (Å²) in [5.74, 6) is 1.83. The highest BCUT2D eigenvalue weighted by Gasteiger charge is 2.25. The second-order valence-electron chi connectivity index (χ2n) is 3.42. The van der Waals surface area contributed by atoms with Crippen LogP contribution in [0, 0.1) is 11.8 Å². The Balaban J connectivity index is 2.37. The summed E-state index contributed by atoms with van der Waals surface area (Å²) in [7, 11) is 0. The molecule has 0 aliphatic heterocycles. The third kappa shape index (κ3) is 1.50. The van der Waals surface area contributed by atoms with Gasteiger partial charge in [-0.15, -0.1) is 0 Å². The van der Waals surface area contributed by atoms with E-state index in [0.29, 0.717) is 0 Å². The molecule has 0 bridgehead atoms. The summed E-state index contributed by atoms with van der Waals surface area (Å²) in [6.45, 7) is 8.21. The van der Waals surface area contributed by atoms with Crippen molar-refractivity contribution >= 4 is 0 Å². The van der Waals surface area contributed by atoms with Crippen molar-refractivity contribution < 1.29 is 0 Å². The van der Waals surface area contributed by atoms with Gasteiger partial charge in [-0.2, -0.15) is 0 Å². The van der Waals surface area contributed by atoms with E-state index >= 15 is 0 Å². The molecule has 1 rings (SSSR count). The second kappa shape index (κ2) is 3.05. The lowest BCUT2D eigenvalue weighted by atomic mass is 9.72. The van der Waals surface area contributed by atoms with Crippen LogP contribution in [0.15, 0.2) is 24.3 Å². The van der Waals surface area contributed by atoms with E-state index in [1.165, 1.54) is 18.4 Å². The first-order chi connectivity index (χ1) is 4.74. The molecule has 0 spiro atoms. The molecule has 1 aliphatic rings. The van der Waals surface area contributed by atoms with Crippen LogP contribution in [0.4, 0.5) is 0 Å². The predicted molar refractivity (Wildman–Crippen MR) is 45.8 cm³/mol. The molecule has 1 aliphatic carbocycles. The van der Waals surface area contributed by atoms with Crippen LogP contribution in [0.5, 0.6) is 0 Å². The van der Waals surface area contributed by atoms with E-state index in [1.807, 2.05) is 6.08 Å². The van der Waals surface area contributed by atoms with Crippen molar-refractivity contribution in [2.75, 3.05) is 0 Å². The maximum atomic E-state index is 3.68. The highest BCUT2D eigenvalue weighted by Crippen LogP contribution is 2.37. The summed E-state index contributed by atoms with van der Waals surface area (Å²) >= 11 is 0. The fourth-order valence-corrected chi connectivity index (χ4v) is 1.60. The second-order valence-corrected chi connectivity index (χ2v) is 3.42. The van der Waals surface area contributed by atoms with Crippen LogP contribution < -0.4 is 0 Å². The first-order valence-electron chi connectivity index (χ1n) is 4.03. The topological polar surface area (TPSA) is 0 Å². The standard InChI is InChI=1S/C10H16/c1-4-5-9(3)10-6-8(2)7-10/h4-5,8,10H,1,6-7H2,2-3H3. The first-order valence-corrected chi connectivity index (χ1v) is 4.03. The highest BCUT2D eigenvalue weighted by atomic mass is 14.3. The van der Waals surface area contributed by atoms with E-state index in [9.17, 15) is 0 Å². The van der Waals surface area contributed by atoms with Crippen LogP contribution in [0.1, 0.15) is 26.7 Å². The van der Waals surface area contributed by atoms with Crippen molar-refractivity contribution in [1.29, 1.82) is 0 Å². The largest absolute Gasteiger partial charge is 0.0991 e. The molecule has 0 saturated heterocycles. The Hall–Kier alpha value is -0.520. The third-order valence-electron chi connectivity index (χ3n) is 2.40. The Morgan fingerprint density at radius 2 is 2.10 bits per heavy atom. The average molecular weight is 136 g/mol. The Bertz CT molecular complexity index is 147. The first kappa shape index (κ1) is 7.59. The molecule has 0 aromatic rings. The van der Waals surface area contributed by atoms with E-state index in [4.69, 9.17) is 0 Å². The van der Waals surface area contributed by atoms with Crippen LogP contribution in [-0.2, 0) is 0 Å². The van der Waals surface area contributed by atoms with Gasteiger partial charge in [-0.25, -0.2) is 0 Å². The molecule has 0 nitrogen and oxygen atoms in total. The van der Waals surface area contributed by atoms with E-state index in [2.05, 4.69) is 26.5 Å². The summed E-state index contributed by atoms with van der Waals surface area (Å²) in [5.41, 5.74) is 1.51. The molecule has 0 unspecified atom stereocenters. The van der Waals surface area contributed by atoms with Crippen molar-refractivity contribution in [2.45, 2.75) is 26.7 Å². The Labute approximate surface area is 63.6 Å². The van der Waals surface area contributed by atoms with Gasteiger partial charge in [0.05, 0.1) is 0 Å². The number of rotatable bonds is 2. The van der Waals surface area contributed by atoms with Gasteiger partial charge in [-0.3, -0.25) is 0 Å². The van der Waals surface area contributed by atoms with Gasteiger partial charge in [0.1, 0.15) is 0 Å². The molecular weight excluding hydrogens is 120 g/mol. The van der Waals surface area contributed by atoms with Crippen LogP contribution in [0.3, 0.4) is 0 Å². The van der Waals surface area contributed by atoms with Crippen molar-refractivity contribution in [2.24, 2.45) is 11.8 Å². The molecule has 56 valence electrons. The Morgan fingerprint density at radius 1 is 1.50 bits per heavy atom. The van der Waals surface area contributed by atoms with Crippen LogP contribution in [0.25, 0.3) is 0 Å². The molecule has 0 amide bonds. The van der Waals surface area contributed by atoms with Crippen molar-refractivity contribution in [3.63, 3.8) is 0 Å². The van der Waals surface area contributed by atoms with Gasteiger partial charge in [-0.05, 0) is 31.6 Å². The Kier molecular flexibility index (Phi) is 2.31. The zero-order valence-electron chi connectivity index (χ0n) is 6.93. The summed E-state index contributed by atoms with van der Waals surface area (Å²) in [5, 5.41) is 0. The van der Waals surface area contributed by atoms with Crippen LogP contribution >= 0.6 is 0 Å². The SMILES string of the molecule is C=CC=C(C)C1CC(C)C1. The molecule has 0 radical (unpaired) electrons. The summed E-state index contributed by atoms with van der Waals surface area (Å²) in [6, 6.07) is 0. The van der Waals surface area contributed by atoms with E-state index in [1.54, 1.807) is 0 Å². The minimum atomic E-state index is 0.869. The molecule has 0 heterocycles. The number of hydrogen-bond acceptors (Lipinski definition) is 0. The van der Waals surface area contributed by atoms with Gasteiger partial charge in [0.25, 0.3) is 0 Å². The maximum Gasteiger partial charge on any atom is -0.0198 e. The quantitative estimate of drug-likeness (QED) is 0.511. The number of hydrogen-bond donors (Lipinski definition) is 0. The van der Waals surface area contributed by atoms with Gasteiger partial charge in [0, 0.05) is 0 Å². The fourth-order valence-electron chi connectivity index (χ4n) is 1.60. The van der Waals surface area contributed by atoms with Gasteiger partial charge >= 0.3 is 0 Å². The smallest absolute Gasteiger partial charge is 0.0198 e. The van der Waals surface area contributed by atoms with Crippen molar-refractivity contribution in [3.8, 4) is 0 Å². The zero-order chi connectivity index (χ0) is 7.56. The summed E-state index contributed by atoms with van der Waals surface area (Å²) < 4.78 is 0. The molecule has 0 aromatic carbocycles. The van der Waals surface area contributed by atoms with Gasteiger partial charge in [0.2, 0.25) is 0 Å². The van der Waals surface area contributed by atoms with Gasteiger partial charge < -0.3 is 0 Å². The fraction of sp³-hybridized carbons (Fsp3) is 0.600. The Morgan fingerprint density at radius 3 is 2.50 bits per heavy atom. The van der Waals surface area contributed by atoms with Crippen LogP contribution in [0.2, 0.25) is 0 Å². The highest BCUT2D eigenvalue weighted by molar-refractivity contribution is 5.13. The maximum absolute atomic E-state index is 3.68. The summed E-state index contributed by atoms with van der Waals surface area (Å²) in [6.07, 6.45) is 6.79. The lowest BCUT2D eigenvalue weighted by molar-refractivity contribution is 0.249. The average Bonchev–Trinajstić information content (AvgIpc) is 1.82. The lowest BCUT2D eigenvalue weighted by Crippen LogP contribution is -2.21. The molecule has 10 heavy (non-hydrogen) atoms. The molecule has 1 fully saturated rings. The van der Waals surface area contributed by atoms with Gasteiger partial charge in [-0.1, -0.05) is 31.2 Å². The molecule has 1 saturated carbocycles. The predicted octanol–water partition coefficient (Wildman–Crippen LogP) is 3.16. The minimum absolute atomic E-state index is 0.869. The van der Waals surface area contributed by atoms with Crippen molar-refractivity contribution in [1.82, 2.24) is 0 Å². The molecule has 0 atom stereocenters. The molecule has 0 aromatic heterocycles. The van der Waals surface area contributed by atoms with E-state index < -0.39 is 0 Å². The van der Waals surface area contributed by atoms with E-state index in [0.717, 1.165) is 11.8 Å². The monoisotopic (exact) mass is 136 g/mol. The minimum Gasteiger partial charge on any atom is -0.0991 e. The molecule has 0 heteroatoms. The van der Waals surface area contributed by atoms with E-state index in [-0.39, 0.29) is 0 Å². The van der Waals surface area contributed by atoms with Crippen molar-refractivity contribution in [3.05, 3.63) is 24.3 Å². The molecular formula is C10H16. The van der Waals surface area contributed by atoms with Gasteiger partial charge in [0.15, 0.2) is 0 Å².